The molecule has 1 aromatic rings. The molecule has 0 unspecified atom stereocenters. The number of carbonyl (C=O) groups is 1. The van der Waals surface area contributed by atoms with Crippen LogP contribution in [0.15, 0.2) is 36.4 Å². The molecule has 0 bridgehead atoms. The number of ether oxygens (including phenoxy) is 1. The van der Waals surface area contributed by atoms with Gasteiger partial charge in [-0.2, -0.15) is 0 Å². The SMILES string of the molecule is CCCN/C(=C\C(=O)OCC)c1ccccc1. The van der Waals surface area contributed by atoms with Crippen molar-refractivity contribution in [2.45, 2.75) is 20.3 Å². The Morgan fingerprint density at radius 3 is 2.59 bits per heavy atom. The van der Waals surface area contributed by atoms with Crippen molar-refractivity contribution >= 4 is 11.7 Å². The molecule has 1 rings (SSSR count). The summed E-state index contributed by atoms with van der Waals surface area (Å²) in [7, 11) is 0. The van der Waals surface area contributed by atoms with Crippen LogP contribution in [0, 0.1) is 0 Å². The summed E-state index contributed by atoms with van der Waals surface area (Å²) >= 11 is 0. The Balaban J connectivity index is 2.84. The molecule has 3 nitrogen and oxygen atoms in total. The van der Waals surface area contributed by atoms with Gasteiger partial charge >= 0.3 is 5.97 Å². The lowest BCUT2D eigenvalue weighted by Gasteiger charge is -2.10. The van der Waals surface area contributed by atoms with Crippen LogP contribution in [0.4, 0.5) is 0 Å². The highest BCUT2D eigenvalue weighted by Crippen LogP contribution is 2.11. The predicted octanol–water partition coefficient (Wildman–Crippen LogP) is 2.59. The van der Waals surface area contributed by atoms with Crippen molar-refractivity contribution in [3.8, 4) is 0 Å². The molecule has 0 spiro atoms. The first-order chi connectivity index (χ1) is 8.27. The molecule has 0 radical (unpaired) electrons. The third-order valence-electron chi connectivity index (χ3n) is 2.20. The summed E-state index contributed by atoms with van der Waals surface area (Å²) in [5.41, 5.74) is 1.81. The van der Waals surface area contributed by atoms with Gasteiger partial charge in [0.15, 0.2) is 0 Å². The topological polar surface area (TPSA) is 38.3 Å². The fourth-order valence-electron chi connectivity index (χ4n) is 1.42. The van der Waals surface area contributed by atoms with Gasteiger partial charge in [0.25, 0.3) is 0 Å². The van der Waals surface area contributed by atoms with Crippen molar-refractivity contribution in [1.82, 2.24) is 5.32 Å². The molecule has 1 N–H and O–H groups in total. The summed E-state index contributed by atoms with van der Waals surface area (Å²) in [5.74, 6) is -0.310. The number of carbonyl (C=O) groups excluding carboxylic acids is 1. The van der Waals surface area contributed by atoms with E-state index in [0.717, 1.165) is 24.2 Å². The first-order valence-corrected chi connectivity index (χ1v) is 5.95. The summed E-state index contributed by atoms with van der Waals surface area (Å²) in [6, 6.07) is 9.77. The van der Waals surface area contributed by atoms with Gasteiger partial charge in [0, 0.05) is 18.3 Å². The number of hydrogen-bond acceptors (Lipinski definition) is 3. The minimum absolute atomic E-state index is 0.310. The van der Waals surface area contributed by atoms with E-state index in [-0.39, 0.29) is 5.97 Å². The Hall–Kier alpha value is -1.77. The van der Waals surface area contributed by atoms with Gasteiger partial charge in [-0.1, -0.05) is 37.3 Å². The van der Waals surface area contributed by atoms with E-state index >= 15 is 0 Å². The first kappa shape index (κ1) is 13.3. The smallest absolute Gasteiger partial charge is 0.332 e. The van der Waals surface area contributed by atoms with Gasteiger partial charge in [0.05, 0.1) is 6.61 Å². The molecule has 0 atom stereocenters. The maximum atomic E-state index is 11.5. The largest absolute Gasteiger partial charge is 0.463 e. The molecule has 0 heterocycles. The summed E-state index contributed by atoms with van der Waals surface area (Å²) < 4.78 is 4.92. The Labute approximate surface area is 102 Å². The molecule has 0 aromatic heterocycles. The van der Waals surface area contributed by atoms with E-state index in [9.17, 15) is 4.79 Å². The zero-order chi connectivity index (χ0) is 12.5. The van der Waals surface area contributed by atoms with E-state index in [0.29, 0.717) is 6.61 Å². The van der Waals surface area contributed by atoms with E-state index in [1.165, 1.54) is 6.08 Å². The van der Waals surface area contributed by atoms with E-state index in [4.69, 9.17) is 4.74 Å². The summed E-state index contributed by atoms with van der Waals surface area (Å²) in [4.78, 5) is 11.5. The van der Waals surface area contributed by atoms with Gasteiger partial charge in [-0.15, -0.1) is 0 Å². The van der Waals surface area contributed by atoms with Gasteiger partial charge in [-0.05, 0) is 18.9 Å². The maximum absolute atomic E-state index is 11.5. The van der Waals surface area contributed by atoms with Crippen LogP contribution in [0.3, 0.4) is 0 Å². The fourth-order valence-corrected chi connectivity index (χ4v) is 1.42. The lowest BCUT2D eigenvalue weighted by atomic mass is 10.1. The minimum atomic E-state index is -0.310. The molecule has 0 fully saturated rings. The second kappa shape index (κ2) is 7.49. The van der Waals surface area contributed by atoms with E-state index in [2.05, 4.69) is 12.2 Å². The van der Waals surface area contributed by atoms with Crippen LogP contribution in [0.25, 0.3) is 5.70 Å². The quantitative estimate of drug-likeness (QED) is 0.606. The van der Waals surface area contributed by atoms with Gasteiger partial charge < -0.3 is 10.1 Å². The second-order valence-electron chi connectivity index (χ2n) is 3.60. The molecule has 17 heavy (non-hydrogen) atoms. The average molecular weight is 233 g/mol. The van der Waals surface area contributed by atoms with E-state index in [1.54, 1.807) is 6.92 Å². The van der Waals surface area contributed by atoms with E-state index < -0.39 is 0 Å². The monoisotopic (exact) mass is 233 g/mol. The van der Waals surface area contributed by atoms with Crippen molar-refractivity contribution in [1.29, 1.82) is 0 Å². The summed E-state index contributed by atoms with van der Waals surface area (Å²) in [6.07, 6.45) is 2.52. The van der Waals surface area contributed by atoms with Crippen molar-refractivity contribution in [2.24, 2.45) is 0 Å². The van der Waals surface area contributed by atoms with Gasteiger partial charge in [0.1, 0.15) is 0 Å². The molecule has 0 saturated carbocycles. The second-order valence-corrected chi connectivity index (χ2v) is 3.60. The molecule has 0 amide bonds. The highest BCUT2D eigenvalue weighted by atomic mass is 16.5. The molecular formula is C14H19NO2. The normalized spacial score (nSPS) is 11.1. The third-order valence-corrected chi connectivity index (χ3v) is 2.20. The Kier molecular flexibility index (Phi) is 5.86. The van der Waals surface area contributed by atoms with Crippen LogP contribution in [0.5, 0.6) is 0 Å². The zero-order valence-corrected chi connectivity index (χ0v) is 10.4. The fraction of sp³-hybridized carbons (Fsp3) is 0.357. The molecule has 3 heteroatoms. The number of benzene rings is 1. The first-order valence-electron chi connectivity index (χ1n) is 5.95. The van der Waals surface area contributed by atoms with E-state index in [1.807, 2.05) is 30.3 Å². The standard InChI is InChI=1S/C14H19NO2/c1-3-10-15-13(11-14(16)17-4-2)12-8-6-5-7-9-12/h5-9,11,15H,3-4,10H2,1-2H3/b13-11-. The molecule has 0 saturated heterocycles. The molecule has 0 aliphatic heterocycles. The molecule has 0 aliphatic carbocycles. The van der Waals surface area contributed by atoms with Gasteiger partial charge in [-0.3, -0.25) is 0 Å². The lowest BCUT2D eigenvalue weighted by Crippen LogP contribution is -2.15. The third kappa shape index (κ3) is 4.72. The van der Waals surface area contributed by atoms with Crippen molar-refractivity contribution in [3.63, 3.8) is 0 Å². The zero-order valence-electron chi connectivity index (χ0n) is 10.4. The molecular weight excluding hydrogens is 214 g/mol. The van der Waals surface area contributed by atoms with Crippen molar-refractivity contribution in [2.75, 3.05) is 13.2 Å². The Morgan fingerprint density at radius 2 is 2.00 bits per heavy atom. The Bertz CT molecular complexity index is 371. The van der Waals surface area contributed by atoms with Crippen molar-refractivity contribution in [3.05, 3.63) is 42.0 Å². The average Bonchev–Trinajstić information content (AvgIpc) is 2.36. The summed E-state index contributed by atoms with van der Waals surface area (Å²) in [5, 5.41) is 3.24. The number of nitrogens with one attached hydrogen (secondary N) is 1. The molecule has 1 aromatic carbocycles. The highest BCUT2D eigenvalue weighted by Gasteiger charge is 2.04. The predicted molar refractivity (Wildman–Crippen MR) is 69.3 cm³/mol. The van der Waals surface area contributed by atoms with Gasteiger partial charge in [0.2, 0.25) is 0 Å². The van der Waals surface area contributed by atoms with Crippen LogP contribution >= 0.6 is 0 Å². The summed E-state index contributed by atoms with van der Waals surface area (Å²) in [6.45, 7) is 5.11. The lowest BCUT2D eigenvalue weighted by molar-refractivity contribution is -0.137. The van der Waals surface area contributed by atoms with Crippen molar-refractivity contribution < 1.29 is 9.53 Å². The minimum Gasteiger partial charge on any atom is -0.463 e. The number of rotatable bonds is 6. The maximum Gasteiger partial charge on any atom is 0.332 e. The number of hydrogen-bond donors (Lipinski definition) is 1. The van der Waals surface area contributed by atoms with Gasteiger partial charge in [-0.25, -0.2) is 4.79 Å². The number of esters is 1. The molecule has 0 aliphatic rings. The van der Waals surface area contributed by atoms with Crippen LogP contribution in [0.1, 0.15) is 25.8 Å². The highest BCUT2D eigenvalue weighted by molar-refractivity contribution is 5.90. The molecule has 92 valence electrons. The van der Waals surface area contributed by atoms with Crippen LogP contribution in [-0.2, 0) is 9.53 Å². The van der Waals surface area contributed by atoms with Crippen LogP contribution < -0.4 is 5.32 Å². The van der Waals surface area contributed by atoms with Crippen LogP contribution in [-0.4, -0.2) is 19.1 Å². The Morgan fingerprint density at radius 1 is 1.29 bits per heavy atom. The van der Waals surface area contributed by atoms with Crippen LogP contribution in [0.2, 0.25) is 0 Å².